The van der Waals surface area contributed by atoms with E-state index in [0.717, 1.165) is 35.9 Å². The first-order valence-corrected chi connectivity index (χ1v) is 17.8. The first-order chi connectivity index (χ1) is 23.3. The van der Waals surface area contributed by atoms with Crippen molar-refractivity contribution in [1.29, 1.82) is 0 Å². The average Bonchev–Trinajstić information content (AvgIpc) is 3.79. The molecule has 0 saturated carbocycles. The number of nitrogens with zero attached hydrogens (tertiary/aromatic N) is 6. The minimum atomic E-state index is -0.731. The van der Waals surface area contributed by atoms with Gasteiger partial charge in [-0.05, 0) is 50.3 Å². The summed E-state index contributed by atoms with van der Waals surface area (Å²) in [4.78, 5) is 49.6. The molecule has 3 amide bonds. The molecule has 3 aromatic rings. The van der Waals surface area contributed by atoms with Crippen LogP contribution in [0.4, 0.5) is 0 Å². The number of fused-ring (bicyclic) bond motifs is 2. The summed E-state index contributed by atoms with van der Waals surface area (Å²) in [6.45, 7) is 11.8. The van der Waals surface area contributed by atoms with E-state index in [9.17, 15) is 19.5 Å². The standard InChI is InChI=1S/C37H46N6O4S/c1-4-21-40(25-27-15-9-8-10-16-27)33(45)30-31-34(46)42(23-13-6-7-14-24-44)32(37(31)20-19-36(30,3)48-37)35(47)41(22-5-2)26-43-29-18-12-11-17-28(29)38-39-43/h4-5,8-12,15-18,30-32,44H,1-2,6-7,13-14,19-26H2,3H3/t30-,31-,32?,36+,37?/m0/s1. The highest BCUT2D eigenvalue weighted by atomic mass is 32.2. The third-order valence-electron chi connectivity index (χ3n) is 10.3. The third kappa shape index (κ3) is 6.07. The predicted molar refractivity (Wildman–Crippen MR) is 187 cm³/mol. The molecule has 4 heterocycles. The van der Waals surface area contributed by atoms with Crippen molar-refractivity contribution in [2.75, 3.05) is 26.2 Å². The highest BCUT2D eigenvalue weighted by Crippen LogP contribution is 2.71. The molecule has 3 aliphatic heterocycles. The number of benzene rings is 2. The maximum Gasteiger partial charge on any atom is 0.248 e. The Bertz CT molecular complexity index is 1660. The van der Waals surface area contributed by atoms with Crippen LogP contribution in [0.15, 0.2) is 79.9 Å². The Morgan fingerprint density at radius 1 is 0.979 bits per heavy atom. The van der Waals surface area contributed by atoms with Gasteiger partial charge in [0.05, 0.1) is 22.1 Å². The van der Waals surface area contributed by atoms with E-state index in [1.54, 1.807) is 38.4 Å². The summed E-state index contributed by atoms with van der Waals surface area (Å²) in [5, 5.41) is 17.9. The molecule has 3 aliphatic rings. The van der Waals surface area contributed by atoms with Crippen LogP contribution in [0.25, 0.3) is 11.0 Å². The fourth-order valence-electron chi connectivity index (χ4n) is 8.19. The van der Waals surface area contributed by atoms with Crippen molar-refractivity contribution in [3.8, 4) is 0 Å². The zero-order chi connectivity index (χ0) is 33.9. The molecule has 6 rings (SSSR count). The topological polar surface area (TPSA) is 112 Å². The van der Waals surface area contributed by atoms with E-state index in [1.165, 1.54) is 0 Å². The third-order valence-corrected chi connectivity index (χ3v) is 12.3. The second kappa shape index (κ2) is 14.3. The van der Waals surface area contributed by atoms with Crippen LogP contribution in [0, 0.1) is 11.8 Å². The monoisotopic (exact) mass is 670 g/mol. The van der Waals surface area contributed by atoms with Gasteiger partial charge in [0.15, 0.2) is 0 Å². The molecular formula is C37H46N6O4S. The van der Waals surface area contributed by atoms with Gasteiger partial charge in [-0.3, -0.25) is 14.4 Å². The number of aliphatic hydroxyl groups excluding tert-OH is 1. The van der Waals surface area contributed by atoms with E-state index < -0.39 is 27.4 Å². The Morgan fingerprint density at radius 2 is 1.69 bits per heavy atom. The van der Waals surface area contributed by atoms with Gasteiger partial charge in [0, 0.05) is 37.5 Å². The first-order valence-electron chi connectivity index (χ1n) is 17.0. The van der Waals surface area contributed by atoms with Crippen LogP contribution < -0.4 is 0 Å². The molecule has 1 spiro atoms. The fraction of sp³-hybridized carbons (Fsp3) is 0.486. The number of rotatable bonds is 16. The molecule has 0 aliphatic carbocycles. The Hall–Kier alpha value is -3.96. The lowest BCUT2D eigenvalue weighted by Crippen LogP contribution is -2.55. The number of thioether (sulfide) groups is 1. The minimum absolute atomic E-state index is 0.0540. The van der Waals surface area contributed by atoms with Crippen LogP contribution in [0.5, 0.6) is 0 Å². The summed E-state index contributed by atoms with van der Waals surface area (Å²) in [6, 6.07) is 16.8. The van der Waals surface area contributed by atoms with Gasteiger partial charge in [0.25, 0.3) is 0 Å². The number of hydrogen-bond acceptors (Lipinski definition) is 7. The molecule has 2 bridgehead atoms. The lowest BCUT2D eigenvalue weighted by atomic mass is 9.66. The van der Waals surface area contributed by atoms with Gasteiger partial charge in [-0.2, -0.15) is 0 Å². The zero-order valence-electron chi connectivity index (χ0n) is 27.7. The Balaban J connectivity index is 1.35. The fourth-order valence-corrected chi connectivity index (χ4v) is 10.5. The molecule has 1 aromatic heterocycles. The lowest BCUT2D eigenvalue weighted by Gasteiger charge is -2.38. The van der Waals surface area contributed by atoms with Crippen LogP contribution in [0.2, 0.25) is 0 Å². The number of unbranched alkanes of at least 4 members (excludes halogenated alkanes) is 3. The Morgan fingerprint density at radius 3 is 2.44 bits per heavy atom. The van der Waals surface area contributed by atoms with E-state index in [1.807, 2.05) is 59.5 Å². The van der Waals surface area contributed by atoms with Gasteiger partial charge >= 0.3 is 0 Å². The largest absolute Gasteiger partial charge is 0.396 e. The van der Waals surface area contributed by atoms with Gasteiger partial charge in [-0.15, -0.1) is 30.0 Å². The van der Waals surface area contributed by atoms with Crippen molar-refractivity contribution in [3.05, 3.63) is 85.5 Å². The minimum Gasteiger partial charge on any atom is -0.396 e. The molecule has 5 atom stereocenters. The van der Waals surface area contributed by atoms with Crippen LogP contribution in [0.3, 0.4) is 0 Å². The van der Waals surface area contributed by atoms with E-state index in [-0.39, 0.29) is 37.5 Å². The van der Waals surface area contributed by atoms with Crippen molar-refractivity contribution >= 4 is 40.5 Å². The molecular weight excluding hydrogens is 625 g/mol. The second-order valence-electron chi connectivity index (χ2n) is 13.5. The molecule has 48 heavy (non-hydrogen) atoms. The second-order valence-corrected chi connectivity index (χ2v) is 15.4. The van der Waals surface area contributed by atoms with Crippen molar-refractivity contribution in [1.82, 2.24) is 29.7 Å². The maximum absolute atomic E-state index is 14.9. The van der Waals surface area contributed by atoms with Crippen molar-refractivity contribution in [2.24, 2.45) is 11.8 Å². The summed E-state index contributed by atoms with van der Waals surface area (Å²) in [7, 11) is 0. The molecule has 2 unspecified atom stereocenters. The molecule has 10 nitrogen and oxygen atoms in total. The summed E-state index contributed by atoms with van der Waals surface area (Å²) in [6.07, 6.45) is 7.96. The van der Waals surface area contributed by atoms with Crippen LogP contribution in [-0.2, 0) is 27.6 Å². The zero-order valence-corrected chi connectivity index (χ0v) is 28.6. The van der Waals surface area contributed by atoms with Gasteiger partial charge < -0.3 is 19.8 Å². The number of likely N-dealkylation sites (tertiary alicyclic amines) is 1. The van der Waals surface area contributed by atoms with E-state index in [4.69, 9.17) is 0 Å². The number of hydrogen-bond donors (Lipinski definition) is 1. The number of amides is 3. The van der Waals surface area contributed by atoms with Gasteiger partial charge in [-0.1, -0.05) is 72.7 Å². The Kier molecular flexibility index (Phi) is 10.1. The SMILES string of the molecule is C=CCN(Cn1nnc2ccccc21)C(=O)C1N(CCCCCCO)C(=O)[C@@H]2[C@@H](C(=O)N(CC=C)Cc3ccccc3)[C@@]3(C)CCC12S3. The molecule has 0 radical (unpaired) electrons. The van der Waals surface area contributed by atoms with Gasteiger partial charge in [0.2, 0.25) is 17.7 Å². The van der Waals surface area contributed by atoms with Crippen LogP contribution in [-0.4, -0.2) is 94.3 Å². The Labute approximate surface area is 286 Å². The number of carbonyl (C=O) groups is 3. The summed E-state index contributed by atoms with van der Waals surface area (Å²) in [5.74, 6) is -1.48. The first kappa shape index (κ1) is 33.9. The quantitative estimate of drug-likeness (QED) is 0.175. The average molecular weight is 671 g/mol. The molecule has 2 aromatic carbocycles. The van der Waals surface area contributed by atoms with Crippen molar-refractivity contribution in [2.45, 2.75) is 74.2 Å². The summed E-state index contributed by atoms with van der Waals surface area (Å²) >= 11 is 1.69. The molecule has 1 N–H and O–H groups in total. The predicted octanol–water partition coefficient (Wildman–Crippen LogP) is 4.65. The smallest absolute Gasteiger partial charge is 0.248 e. The molecule has 3 saturated heterocycles. The van der Waals surface area contributed by atoms with E-state index in [2.05, 4.69) is 30.4 Å². The number of para-hydroxylation sites is 1. The van der Waals surface area contributed by atoms with Crippen LogP contribution in [0.1, 0.15) is 51.0 Å². The number of carbonyl (C=O) groups excluding carboxylic acids is 3. The molecule has 3 fully saturated rings. The normalized spacial score (nSPS) is 25.8. The number of aliphatic hydroxyl groups is 1. The van der Waals surface area contributed by atoms with Crippen molar-refractivity contribution < 1.29 is 19.5 Å². The van der Waals surface area contributed by atoms with E-state index >= 15 is 0 Å². The maximum atomic E-state index is 14.9. The molecule has 254 valence electrons. The van der Waals surface area contributed by atoms with Crippen LogP contribution >= 0.6 is 11.8 Å². The highest BCUT2D eigenvalue weighted by Gasteiger charge is 2.77. The highest BCUT2D eigenvalue weighted by molar-refractivity contribution is 8.02. The van der Waals surface area contributed by atoms with E-state index in [0.29, 0.717) is 38.9 Å². The van der Waals surface area contributed by atoms with Crippen molar-refractivity contribution in [3.63, 3.8) is 0 Å². The summed E-state index contributed by atoms with van der Waals surface area (Å²) in [5.41, 5.74) is 2.56. The molecule has 11 heteroatoms. The summed E-state index contributed by atoms with van der Waals surface area (Å²) < 4.78 is 0.501. The van der Waals surface area contributed by atoms with Gasteiger partial charge in [0.1, 0.15) is 18.2 Å². The lowest BCUT2D eigenvalue weighted by molar-refractivity contribution is -0.146. The van der Waals surface area contributed by atoms with Gasteiger partial charge in [-0.25, -0.2) is 4.68 Å². The number of aromatic nitrogens is 3.